The molecule has 0 saturated heterocycles. The molecule has 5 nitrogen and oxygen atoms in total. The van der Waals surface area contributed by atoms with Crippen molar-refractivity contribution < 1.29 is 5.11 Å². The van der Waals surface area contributed by atoms with E-state index in [2.05, 4.69) is 10.3 Å². The van der Waals surface area contributed by atoms with Gasteiger partial charge in [0.1, 0.15) is 0 Å². The zero-order valence-corrected chi connectivity index (χ0v) is 11.9. The van der Waals surface area contributed by atoms with Crippen LogP contribution in [0.15, 0.2) is 17.2 Å². The highest BCUT2D eigenvalue weighted by Crippen LogP contribution is 2.20. The molecule has 0 aromatic carbocycles. The number of hydrogen-bond acceptors (Lipinski definition) is 4. The highest BCUT2D eigenvalue weighted by molar-refractivity contribution is 5.33. The summed E-state index contributed by atoms with van der Waals surface area (Å²) in [6, 6.07) is -0.0650. The Morgan fingerprint density at radius 3 is 2.68 bits per heavy atom. The third-order valence-corrected chi connectivity index (χ3v) is 3.62. The second-order valence-corrected chi connectivity index (χ2v) is 6.22. The van der Waals surface area contributed by atoms with Crippen molar-refractivity contribution in [1.82, 2.24) is 9.55 Å². The second-order valence-electron chi connectivity index (χ2n) is 6.22. The van der Waals surface area contributed by atoms with Gasteiger partial charge in [0.25, 0.3) is 5.56 Å². The smallest absolute Gasteiger partial charge is 0.293 e. The van der Waals surface area contributed by atoms with Gasteiger partial charge in [-0.25, -0.2) is 4.98 Å². The van der Waals surface area contributed by atoms with Gasteiger partial charge in [0, 0.05) is 17.9 Å². The molecule has 0 bridgehead atoms. The van der Waals surface area contributed by atoms with E-state index in [0.717, 1.165) is 25.7 Å². The van der Waals surface area contributed by atoms with Crippen LogP contribution >= 0.6 is 0 Å². The molecule has 2 atom stereocenters. The number of hydrogen-bond donors (Lipinski definition) is 2. The van der Waals surface area contributed by atoms with Crippen molar-refractivity contribution in [1.29, 1.82) is 0 Å². The number of aliphatic hydroxyl groups excluding tert-OH is 1. The molecule has 106 valence electrons. The van der Waals surface area contributed by atoms with Crippen LogP contribution in [0.2, 0.25) is 0 Å². The Morgan fingerprint density at radius 2 is 2.05 bits per heavy atom. The predicted molar refractivity (Wildman–Crippen MR) is 75.4 cm³/mol. The average Bonchev–Trinajstić information content (AvgIpc) is 2.33. The van der Waals surface area contributed by atoms with Crippen molar-refractivity contribution in [2.75, 3.05) is 5.32 Å². The summed E-state index contributed by atoms with van der Waals surface area (Å²) in [5, 5.41) is 13.1. The Hall–Kier alpha value is -1.36. The summed E-state index contributed by atoms with van der Waals surface area (Å²) in [5.41, 5.74) is -0.408. The van der Waals surface area contributed by atoms with Gasteiger partial charge in [-0.1, -0.05) is 12.8 Å². The van der Waals surface area contributed by atoms with Crippen molar-refractivity contribution >= 4 is 5.82 Å². The lowest BCUT2D eigenvalue weighted by Crippen LogP contribution is -2.41. The highest BCUT2D eigenvalue weighted by atomic mass is 16.3. The van der Waals surface area contributed by atoms with Crippen LogP contribution in [-0.2, 0) is 5.54 Å². The van der Waals surface area contributed by atoms with Crippen molar-refractivity contribution in [2.24, 2.45) is 0 Å². The van der Waals surface area contributed by atoms with E-state index < -0.39 is 6.10 Å². The maximum Gasteiger partial charge on any atom is 0.293 e. The molecule has 2 unspecified atom stereocenters. The molecular weight excluding hydrogens is 242 g/mol. The zero-order valence-electron chi connectivity index (χ0n) is 11.9. The zero-order chi connectivity index (χ0) is 14.0. The summed E-state index contributed by atoms with van der Waals surface area (Å²) in [6.45, 7) is 5.94. The minimum absolute atomic E-state index is 0.0650. The number of anilines is 1. The molecule has 0 spiro atoms. The molecule has 0 aliphatic heterocycles. The number of aliphatic hydroxyl groups is 1. The van der Waals surface area contributed by atoms with Gasteiger partial charge in [-0.05, 0) is 33.6 Å². The topological polar surface area (TPSA) is 67.2 Å². The average molecular weight is 265 g/mol. The first-order valence-electron chi connectivity index (χ1n) is 6.92. The van der Waals surface area contributed by atoms with Crippen molar-refractivity contribution in [2.45, 2.75) is 64.1 Å². The summed E-state index contributed by atoms with van der Waals surface area (Å²) in [4.78, 5) is 16.5. The van der Waals surface area contributed by atoms with Gasteiger partial charge in [-0.3, -0.25) is 4.79 Å². The van der Waals surface area contributed by atoms with Gasteiger partial charge in [0.2, 0.25) is 0 Å². The van der Waals surface area contributed by atoms with Gasteiger partial charge in [-0.2, -0.15) is 0 Å². The molecule has 1 saturated carbocycles. The summed E-state index contributed by atoms with van der Waals surface area (Å²) < 4.78 is 1.66. The van der Waals surface area contributed by atoms with E-state index in [-0.39, 0.29) is 17.1 Å². The van der Waals surface area contributed by atoms with Crippen LogP contribution in [-0.4, -0.2) is 26.8 Å². The van der Waals surface area contributed by atoms with Crippen LogP contribution in [0.5, 0.6) is 0 Å². The van der Waals surface area contributed by atoms with Gasteiger partial charge in [0.15, 0.2) is 5.82 Å². The number of nitrogens with zero attached hydrogens (tertiary/aromatic N) is 2. The van der Waals surface area contributed by atoms with E-state index in [1.165, 1.54) is 0 Å². The highest BCUT2D eigenvalue weighted by Gasteiger charge is 2.25. The van der Waals surface area contributed by atoms with Gasteiger partial charge in [0.05, 0.1) is 12.1 Å². The number of rotatable bonds is 2. The van der Waals surface area contributed by atoms with Gasteiger partial charge < -0.3 is 15.0 Å². The fourth-order valence-corrected chi connectivity index (χ4v) is 2.49. The molecule has 1 heterocycles. The quantitative estimate of drug-likeness (QED) is 0.854. The van der Waals surface area contributed by atoms with E-state index in [1.807, 2.05) is 20.8 Å². The molecule has 5 heteroatoms. The third kappa shape index (κ3) is 3.15. The molecule has 1 fully saturated rings. The van der Waals surface area contributed by atoms with Crippen LogP contribution in [0, 0.1) is 0 Å². The van der Waals surface area contributed by atoms with Crippen LogP contribution in [0.1, 0.15) is 46.5 Å². The standard InChI is InChI=1S/C14H23N3O2/c1-14(2,3)17-9-8-15-12(13(17)19)16-10-6-4-5-7-11(10)18/h8-11,18H,4-7H2,1-3H3,(H,15,16). The minimum atomic E-state index is -0.391. The lowest BCUT2D eigenvalue weighted by Gasteiger charge is -2.29. The molecule has 2 N–H and O–H groups in total. The maximum absolute atomic E-state index is 12.4. The van der Waals surface area contributed by atoms with Crippen LogP contribution < -0.4 is 10.9 Å². The first-order chi connectivity index (χ1) is 8.89. The maximum atomic E-state index is 12.4. The molecule has 1 aliphatic carbocycles. The predicted octanol–water partition coefficient (Wildman–Crippen LogP) is 1.71. The SMILES string of the molecule is CC(C)(C)n1ccnc(NC2CCCCC2O)c1=O. The lowest BCUT2D eigenvalue weighted by molar-refractivity contribution is 0.116. The first kappa shape index (κ1) is 14.1. The van der Waals surface area contributed by atoms with E-state index in [1.54, 1.807) is 17.0 Å². The van der Waals surface area contributed by atoms with E-state index >= 15 is 0 Å². The fourth-order valence-electron chi connectivity index (χ4n) is 2.49. The van der Waals surface area contributed by atoms with Crippen molar-refractivity contribution in [3.8, 4) is 0 Å². The lowest BCUT2D eigenvalue weighted by atomic mass is 9.93. The largest absolute Gasteiger partial charge is 0.391 e. The number of aromatic nitrogens is 2. The van der Waals surface area contributed by atoms with Crippen LogP contribution in [0.4, 0.5) is 5.82 Å². The first-order valence-corrected chi connectivity index (χ1v) is 6.92. The van der Waals surface area contributed by atoms with Crippen molar-refractivity contribution in [3.63, 3.8) is 0 Å². The molecule has 1 aliphatic rings. The molecule has 2 rings (SSSR count). The number of nitrogens with one attached hydrogen (secondary N) is 1. The minimum Gasteiger partial charge on any atom is -0.391 e. The van der Waals surface area contributed by atoms with E-state index in [0.29, 0.717) is 5.82 Å². The van der Waals surface area contributed by atoms with E-state index in [4.69, 9.17) is 0 Å². The Bertz CT molecular complexity index is 490. The Balaban J connectivity index is 2.24. The Kier molecular flexibility index (Phi) is 3.94. The molecule has 0 amide bonds. The second kappa shape index (κ2) is 5.33. The van der Waals surface area contributed by atoms with Gasteiger partial charge in [-0.15, -0.1) is 0 Å². The Morgan fingerprint density at radius 1 is 1.37 bits per heavy atom. The Labute approximate surface area is 113 Å². The van der Waals surface area contributed by atoms with Gasteiger partial charge >= 0.3 is 0 Å². The molecule has 19 heavy (non-hydrogen) atoms. The summed E-state index contributed by atoms with van der Waals surface area (Å²) in [5.74, 6) is 0.336. The van der Waals surface area contributed by atoms with Crippen LogP contribution in [0.25, 0.3) is 0 Å². The monoisotopic (exact) mass is 265 g/mol. The van der Waals surface area contributed by atoms with Crippen LogP contribution in [0.3, 0.4) is 0 Å². The molecule has 1 aromatic heterocycles. The fraction of sp³-hybridized carbons (Fsp3) is 0.714. The summed E-state index contributed by atoms with van der Waals surface area (Å²) in [7, 11) is 0. The normalized spacial score (nSPS) is 24.2. The molecule has 0 radical (unpaired) electrons. The summed E-state index contributed by atoms with van der Waals surface area (Å²) in [6.07, 6.45) is 6.74. The van der Waals surface area contributed by atoms with Crippen molar-refractivity contribution in [3.05, 3.63) is 22.7 Å². The summed E-state index contributed by atoms with van der Waals surface area (Å²) >= 11 is 0. The van der Waals surface area contributed by atoms with E-state index in [9.17, 15) is 9.90 Å². The third-order valence-electron chi connectivity index (χ3n) is 3.62. The molecular formula is C14H23N3O2. The molecule has 1 aromatic rings.